The fourth-order valence-corrected chi connectivity index (χ4v) is 3.24. The summed E-state index contributed by atoms with van der Waals surface area (Å²) in [5.41, 5.74) is 0.0865. The highest BCUT2D eigenvalue weighted by atomic mass is 19.4. The van der Waals surface area contributed by atoms with Crippen LogP contribution in [0.1, 0.15) is 18.7 Å². The maximum atomic E-state index is 13.3. The van der Waals surface area contributed by atoms with E-state index in [-0.39, 0.29) is 30.8 Å². The molecule has 1 aliphatic rings. The molecule has 11 heteroatoms. The number of methoxy groups -OCH3 is 1. The summed E-state index contributed by atoms with van der Waals surface area (Å²) in [6.45, 7) is -0.458. The third-order valence-corrected chi connectivity index (χ3v) is 4.88. The fourth-order valence-electron chi connectivity index (χ4n) is 3.24. The minimum absolute atomic E-state index is 0.0294. The number of hydrogen-bond acceptors (Lipinski definition) is 4. The van der Waals surface area contributed by atoms with Crippen LogP contribution in [0.2, 0.25) is 0 Å². The Hall–Kier alpha value is -3.37. The van der Waals surface area contributed by atoms with Crippen LogP contribution in [-0.2, 0) is 20.9 Å². The molecule has 0 unspecified atom stereocenters. The Kier molecular flexibility index (Phi) is 6.32. The molecule has 0 fully saturated rings. The number of carbonyl (C=O) groups excluding carboxylic acids is 2. The first-order valence-electron chi connectivity index (χ1n) is 9.27. The molecule has 0 aliphatic heterocycles. The maximum Gasteiger partial charge on any atom is 0.412 e. The van der Waals surface area contributed by atoms with Gasteiger partial charge in [-0.05, 0) is 30.7 Å². The number of amides is 2. The molecule has 2 aromatic rings. The number of aromatic nitrogens is 2. The number of hydrogen-bond donors (Lipinski definition) is 1. The second kappa shape index (κ2) is 8.78. The van der Waals surface area contributed by atoms with Gasteiger partial charge in [0, 0.05) is 19.0 Å². The van der Waals surface area contributed by atoms with Gasteiger partial charge in [-0.25, -0.2) is 9.37 Å². The monoisotopic (exact) mass is 440 g/mol. The molecule has 0 saturated carbocycles. The van der Waals surface area contributed by atoms with E-state index in [4.69, 9.17) is 4.74 Å². The summed E-state index contributed by atoms with van der Waals surface area (Å²) >= 11 is 0. The zero-order chi connectivity index (χ0) is 22.8. The summed E-state index contributed by atoms with van der Waals surface area (Å²) < 4.78 is 57.8. The third kappa shape index (κ3) is 5.04. The first-order chi connectivity index (χ1) is 14.6. The Bertz CT molecular complexity index is 1060. The summed E-state index contributed by atoms with van der Waals surface area (Å²) in [5.74, 6) is -0.387. The van der Waals surface area contributed by atoms with Crippen LogP contribution in [0.3, 0.4) is 0 Å². The van der Waals surface area contributed by atoms with Crippen LogP contribution >= 0.6 is 0 Å². The Labute approximate surface area is 175 Å². The smallest absolute Gasteiger partial charge is 0.412 e. The molecule has 0 atom stereocenters. The maximum absolute atomic E-state index is 13.3. The number of nitrogens with zero attached hydrogens (tertiary/aromatic N) is 3. The number of carbonyl (C=O) groups is 2. The molecule has 1 aliphatic carbocycles. The van der Waals surface area contributed by atoms with E-state index in [1.807, 2.05) is 0 Å². The lowest BCUT2D eigenvalue weighted by molar-refractivity contribution is -0.134. The summed E-state index contributed by atoms with van der Waals surface area (Å²) in [4.78, 5) is 33.5. The average Bonchev–Trinajstić information content (AvgIpc) is 3.11. The number of benzene rings is 1. The first-order valence-corrected chi connectivity index (χ1v) is 9.27. The van der Waals surface area contributed by atoms with Gasteiger partial charge in [0.2, 0.25) is 12.3 Å². The number of nitrogens with one attached hydrogen (secondary N) is 1. The highest BCUT2D eigenvalue weighted by Crippen LogP contribution is 2.36. The van der Waals surface area contributed by atoms with Crippen molar-refractivity contribution in [1.29, 1.82) is 0 Å². The van der Waals surface area contributed by atoms with Crippen LogP contribution in [0.4, 0.5) is 17.6 Å². The van der Waals surface area contributed by atoms with E-state index in [0.717, 1.165) is 11.0 Å². The van der Waals surface area contributed by atoms with Crippen molar-refractivity contribution in [1.82, 2.24) is 19.8 Å². The van der Waals surface area contributed by atoms with E-state index in [0.29, 0.717) is 23.3 Å². The van der Waals surface area contributed by atoms with Gasteiger partial charge in [-0.15, -0.1) is 0 Å². The Balaban J connectivity index is 1.75. The number of imidazole rings is 1. The SMILES string of the molecule is COC1=C(N(C=O)CC(=O)N(C)Cc2nc3ccc(F)cc3[nH]2)C=C(C(F)(F)F)CC1. The number of fused-ring (bicyclic) bond motifs is 1. The van der Waals surface area contributed by atoms with Crippen molar-refractivity contribution in [2.24, 2.45) is 0 Å². The van der Waals surface area contributed by atoms with Gasteiger partial charge in [0.05, 0.1) is 30.4 Å². The molecular formula is C20H20F4N4O3. The molecule has 0 radical (unpaired) electrons. The van der Waals surface area contributed by atoms with Crippen molar-refractivity contribution in [2.75, 3.05) is 20.7 Å². The molecule has 1 aromatic carbocycles. The molecule has 0 saturated heterocycles. The predicted molar refractivity (Wildman–Crippen MR) is 103 cm³/mol. The first kappa shape index (κ1) is 22.3. The number of aromatic amines is 1. The van der Waals surface area contributed by atoms with E-state index in [9.17, 15) is 27.2 Å². The van der Waals surface area contributed by atoms with Gasteiger partial charge >= 0.3 is 6.18 Å². The number of likely N-dealkylation sites (N-methyl/N-ethyl adjacent to an activating group) is 1. The van der Waals surface area contributed by atoms with Crippen molar-refractivity contribution in [2.45, 2.75) is 25.6 Å². The van der Waals surface area contributed by atoms with E-state index < -0.39 is 30.0 Å². The van der Waals surface area contributed by atoms with Gasteiger partial charge in [-0.1, -0.05) is 0 Å². The highest BCUT2D eigenvalue weighted by Gasteiger charge is 2.36. The van der Waals surface area contributed by atoms with Crippen LogP contribution in [-0.4, -0.2) is 59.0 Å². The lowest BCUT2D eigenvalue weighted by atomic mass is 10.0. The molecule has 1 heterocycles. The van der Waals surface area contributed by atoms with Crippen molar-refractivity contribution in [3.8, 4) is 0 Å². The van der Waals surface area contributed by atoms with Crippen molar-refractivity contribution >= 4 is 23.4 Å². The van der Waals surface area contributed by atoms with Gasteiger partial charge < -0.3 is 19.5 Å². The lowest BCUT2D eigenvalue weighted by Gasteiger charge is -2.27. The molecule has 2 amide bonds. The lowest BCUT2D eigenvalue weighted by Crippen LogP contribution is -2.38. The quantitative estimate of drug-likeness (QED) is 0.530. The largest absolute Gasteiger partial charge is 0.499 e. The number of ether oxygens (including phenoxy) is 1. The summed E-state index contributed by atoms with van der Waals surface area (Å²) in [6, 6.07) is 4.03. The van der Waals surface area contributed by atoms with Crippen LogP contribution in [0.15, 0.2) is 41.3 Å². The molecule has 0 bridgehead atoms. The van der Waals surface area contributed by atoms with Crippen molar-refractivity contribution < 1.29 is 31.9 Å². The molecular weight excluding hydrogens is 420 g/mol. The Morgan fingerprint density at radius 1 is 1.32 bits per heavy atom. The van der Waals surface area contributed by atoms with E-state index in [2.05, 4.69) is 9.97 Å². The zero-order valence-corrected chi connectivity index (χ0v) is 16.8. The number of rotatable bonds is 7. The highest BCUT2D eigenvalue weighted by molar-refractivity contribution is 5.81. The Morgan fingerprint density at radius 2 is 2.06 bits per heavy atom. The number of allylic oxidation sites excluding steroid dienone is 3. The number of H-pyrrole nitrogens is 1. The van der Waals surface area contributed by atoms with Crippen molar-refractivity contribution in [3.63, 3.8) is 0 Å². The molecule has 1 aromatic heterocycles. The van der Waals surface area contributed by atoms with Gasteiger partial charge in [0.1, 0.15) is 23.9 Å². The molecule has 3 rings (SSSR count). The topological polar surface area (TPSA) is 78.5 Å². The molecule has 166 valence electrons. The Morgan fingerprint density at radius 3 is 2.71 bits per heavy atom. The standard InChI is InChI=1S/C20H20F4N4O3/c1-27(9-18-25-14-5-4-13(21)8-15(14)26-18)19(30)10-28(11-29)16-7-12(20(22,23)24)3-6-17(16)31-2/h4-5,7-8,11H,3,6,9-10H2,1-2H3,(H,25,26). The third-order valence-electron chi connectivity index (χ3n) is 4.88. The van der Waals surface area contributed by atoms with E-state index in [1.54, 1.807) is 0 Å². The zero-order valence-electron chi connectivity index (χ0n) is 16.8. The number of halogens is 4. The van der Waals surface area contributed by atoms with E-state index >= 15 is 0 Å². The summed E-state index contributed by atoms with van der Waals surface area (Å²) in [6.07, 6.45) is -3.73. The van der Waals surface area contributed by atoms with Crippen LogP contribution in [0.25, 0.3) is 11.0 Å². The molecule has 7 nitrogen and oxygen atoms in total. The minimum Gasteiger partial charge on any atom is -0.499 e. The second-order valence-electron chi connectivity index (χ2n) is 7.01. The summed E-state index contributed by atoms with van der Waals surface area (Å²) in [7, 11) is 2.76. The predicted octanol–water partition coefficient (Wildman–Crippen LogP) is 3.26. The molecule has 0 spiro atoms. The van der Waals surface area contributed by atoms with Crippen LogP contribution in [0, 0.1) is 5.82 Å². The van der Waals surface area contributed by atoms with E-state index in [1.165, 1.54) is 37.3 Å². The van der Waals surface area contributed by atoms with Crippen molar-refractivity contribution in [3.05, 3.63) is 52.9 Å². The normalized spacial score (nSPS) is 14.5. The minimum atomic E-state index is -4.54. The van der Waals surface area contributed by atoms with Gasteiger partial charge in [0.15, 0.2) is 0 Å². The average molecular weight is 440 g/mol. The molecule has 31 heavy (non-hydrogen) atoms. The van der Waals surface area contributed by atoms with Gasteiger partial charge in [-0.3, -0.25) is 9.59 Å². The van der Waals surface area contributed by atoms with Crippen LogP contribution in [0.5, 0.6) is 0 Å². The van der Waals surface area contributed by atoms with Crippen LogP contribution < -0.4 is 0 Å². The fraction of sp³-hybridized carbons (Fsp3) is 0.350. The van der Waals surface area contributed by atoms with Gasteiger partial charge in [0.25, 0.3) is 0 Å². The second-order valence-corrected chi connectivity index (χ2v) is 7.01. The molecule has 1 N–H and O–H groups in total. The summed E-state index contributed by atoms with van der Waals surface area (Å²) in [5, 5.41) is 0. The number of alkyl halides is 3. The van der Waals surface area contributed by atoms with Gasteiger partial charge in [-0.2, -0.15) is 13.2 Å².